The van der Waals surface area contributed by atoms with Gasteiger partial charge in [-0.3, -0.25) is 0 Å². The summed E-state index contributed by atoms with van der Waals surface area (Å²) >= 11 is 0. The van der Waals surface area contributed by atoms with Crippen molar-refractivity contribution in [2.75, 3.05) is 0 Å². The largest absolute Gasteiger partial charge is 1.00 e. The van der Waals surface area contributed by atoms with E-state index in [9.17, 15) is 5.11 Å². The van der Waals surface area contributed by atoms with Gasteiger partial charge in [-0.1, -0.05) is 0 Å². The summed E-state index contributed by atoms with van der Waals surface area (Å²) in [6, 6.07) is 13.9. The molecule has 0 saturated heterocycles. The Morgan fingerprint density at radius 1 is 1.05 bits per heavy atom. The van der Waals surface area contributed by atoms with E-state index in [1.807, 2.05) is 31.4 Å². The Morgan fingerprint density at radius 2 is 1.90 bits per heavy atom. The van der Waals surface area contributed by atoms with Gasteiger partial charge < -0.3 is 33.5 Å². The van der Waals surface area contributed by atoms with Gasteiger partial charge in [-0.15, -0.1) is 0 Å². The fourth-order valence-corrected chi connectivity index (χ4v) is 2.76. The van der Waals surface area contributed by atoms with E-state index in [-0.39, 0.29) is 24.0 Å². The second kappa shape index (κ2) is 4.63. The summed E-state index contributed by atoms with van der Waals surface area (Å²) in [6.45, 7) is 0. The minimum Gasteiger partial charge on any atom is -1.00 e. The maximum absolute atomic E-state index is 9.65. The number of pyridine rings is 2. The highest BCUT2D eigenvalue weighted by molar-refractivity contribution is 6.00. The van der Waals surface area contributed by atoms with Crippen LogP contribution >= 0.6 is 0 Å². The number of rotatable bonds is 0. The number of fused-ring (bicyclic) bond motifs is 5. The molecule has 4 heteroatoms. The standard InChI is InChI=1S/C16H12N2O.HI/c1-17-8-2-3-16-15(17)7-6-14-13-9-12(19)5-4-11(13)10-18(14)16;/h2-10H,1H3;1H. The topological polar surface area (TPSA) is 28.5 Å². The Hall–Kier alpha value is -1.82. The van der Waals surface area contributed by atoms with Gasteiger partial charge in [-0.2, -0.15) is 4.57 Å². The Morgan fingerprint density at radius 3 is 2.75 bits per heavy atom. The first-order valence-corrected chi connectivity index (χ1v) is 6.25. The average Bonchev–Trinajstić information content (AvgIpc) is 2.77. The minimum atomic E-state index is 0. The summed E-state index contributed by atoms with van der Waals surface area (Å²) < 4.78 is 4.29. The number of phenolic OH excluding ortho intramolecular Hbond substituents is 1. The highest BCUT2D eigenvalue weighted by Gasteiger charge is 2.10. The average molecular weight is 376 g/mol. The first-order valence-electron chi connectivity index (χ1n) is 6.25. The fraction of sp³-hybridized carbons (Fsp3) is 0.0625. The van der Waals surface area contributed by atoms with Gasteiger partial charge >= 0.3 is 0 Å². The van der Waals surface area contributed by atoms with Crippen molar-refractivity contribution in [3.8, 4) is 5.75 Å². The molecule has 0 spiro atoms. The van der Waals surface area contributed by atoms with Crippen molar-refractivity contribution in [2.24, 2.45) is 7.05 Å². The Labute approximate surface area is 133 Å². The van der Waals surface area contributed by atoms with Crippen LogP contribution in [-0.4, -0.2) is 9.51 Å². The van der Waals surface area contributed by atoms with E-state index in [0.29, 0.717) is 5.75 Å². The van der Waals surface area contributed by atoms with Crippen LogP contribution in [0.5, 0.6) is 5.75 Å². The van der Waals surface area contributed by atoms with Crippen LogP contribution in [0.3, 0.4) is 0 Å². The van der Waals surface area contributed by atoms with Gasteiger partial charge in [0.05, 0.1) is 5.52 Å². The lowest BCUT2D eigenvalue weighted by atomic mass is 10.2. The predicted octanol–water partition coefficient (Wildman–Crippen LogP) is -0.220. The second-order valence-electron chi connectivity index (χ2n) is 4.88. The molecule has 1 N–H and O–H groups in total. The third kappa shape index (κ3) is 1.75. The van der Waals surface area contributed by atoms with E-state index in [1.54, 1.807) is 6.07 Å². The number of nitrogens with zero attached hydrogens (tertiary/aromatic N) is 2. The molecule has 4 aromatic rings. The van der Waals surface area contributed by atoms with Gasteiger partial charge in [0.15, 0.2) is 6.20 Å². The van der Waals surface area contributed by atoms with Crippen LogP contribution in [0.4, 0.5) is 0 Å². The molecule has 0 bridgehead atoms. The summed E-state index contributed by atoms with van der Waals surface area (Å²) in [5, 5.41) is 11.9. The normalized spacial score (nSPS) is 11.1. The van der Waals surface area contributed by atoms with Gasteiger partial charge in [-0.05, 0) is 30.3 Å². The predicted molar refractivity (Wildman–Crippen MR) is 75.2 cm³/mol. The highest BCUT2D eigenvalue weighted by atomic mass is 127. The van der Waals surface area contributed by atoms with Crippen molar-refractivity contribution in [3.05, 3.63) is 54.9 Å². The molecule has 20 heavy (non-hydrogen) atoms. The van der Waals surface area contributed by atoms with Crippen molar-refractivity contribution in [1.29, 1.82) is 0 Å². The summed E-state index contributed by atoms with van der Waals surface area (Å²) in [5.74, 6) is 0.305. The van der Waals surface area contributed by atoms with E-state index >= 15 is 0 Å². The van der Waals surface area contributed by atoms with Crippen LogP contribution in [0.1, 0.15) is 0 Å². The van der Waals surface area contributed by atoms with Crippen molar-refractivity contribution in [3.63, 3.8) is 0 Å². The molecule has 4 rings (SSSR count). The summed E-state index contributed by atoms with van der Waals surface area (Å²) in [5.41, 5.74) is 3.46. The van der Waals surface area contributed by atoms with Crippen LogP contribution in [-0.2, 0) is 7.05 Å². The monoisotopic (exact) mass is 376 g/mol. The molecule has 0 amide bonds. The molecule has 3 heterocycles. The van der Waals surface area contributed by atoms with Gasteiger partial charge in [0, 0.05) is 29.1 Å². The molecule has 0 aliphatic rings. The highest BCUT2D eigenvalue weighted by Crippen LogP contribution is 2.28. The molecular weight excluding hydrogens is 363 g/mol. The van der Waals surface area contributed by atoms with Crippen molar-refractivity contribution >= 4 is 27.3 Å². The zero-order valence-electron chi connectivity index (χ0n) is 10.9. The Kier molecular flexibility index (Phi) is 3.05. The fourth-order valence-electron chi connectivity index (χ4n) is 2.76. The second-order valence-corrected chi connectivity index (χ2v) is 4.88. The summed E-state index contributed by atoms with van der Waals surface area (Å²) in [7, 11) is 2.04. The number of benzene rings is 1. The Bertz CT molecular complexity index is 943. The van der Waals surface area contributed by atoms with Gasteiger partial charge in [0.1, 0.15) is 18.3 Å². The van der Waals surface area contributed by atoms with Gasteiger partial charge in [0.2, 0.25) is 5.52 Å². The zero-order valence-corrected chi connectivity index (χ0v) is 13.1. The first kappa shape index (κ1) is 13.2. The van der Waals surface area contributed by atoms with Crippen LogP contribution in [0.15, 0.2) is 54.9 Å². The number of aromatic nitrogens is 2. The molecule has 0 atom stereocenters. The molecule has 3 aromatic heterocycles. The third-order valence-corrected chi connectivity index (χ3v) is 3.71. The third-order valence-electron chi connectivity index (χ3n) is 3.71. The molecule has 1 aromatic carbocycles. The quantitative estimate of drug-likeness (QED) is 0.334. The maximum atomic E-state index is 9.65. The maximum Gasteiger partial charge on any atom is 0.229 e. The van der Waals surface area contributed by atoms with Crippen molar-refractivity contribution < 1.29 is 33.7 Å². The van der Waals surface area contributed by atoms with Crippen molar-refractivity contribution in [2.45, 2.75) is 0 Å². The van der Waals surface area contributed by atoms with Gasteiger partial charge in [-0.25, -0.2) is 0 Å². The number of hydrogen-bond donors (Lipinski definition) is 1. The van der Waals surface area contributed by atoms with E-state index in [0.717, 1.165) is 21.8 Å². The molecule has 0 unspecified atom stereocenters. The molecule has 0 aliphatic heterocycles. The van der Waals surface area contributed by atoms with E-state index in [2.05, 4.69) is 33.4 Å². The first-order chi connectivity index (χ1) is 9.24. The van der Waals surface area contributed by atoms with Gasteiger partial charge in [0.25, 0.3) is 0 Å². The number of aromatic hydroxyl groups is 1. The lowest BCUT2D eigenvalue weighted by Crippen LogP contribution is -3.00. The molecule has 0 saturated carbocycles. The van der Waals surface area contributed by atoms with Crippen LogP contribution in [0.25, 0.3) is 27.3 Å². The molecule has 0 fully saturated rings. The number of hydrogen-bond acceptors (Lipinski definition) is 1. The van der Waals surface area contributed by atoms with Crippen LogP contribution in [0.2, 0.25) is 0 Å². The van der Waals surface area contributed by atoms with E-state index in [4.69, 9.17) is 0 Å². The Balaban J connectivity index is 0.00000121. The smallest absolute Gasteiger partial charge is 0.229 e. The SMILES string of the molecule is C[n+]1cccc2c1ccc1c3cc(O)ccc3cn12.[I-]. The summed E-state index contributed by atoms with van der Waals surface area (Å²) in [6.07, 6.45) is 4.16. The van der Waals surface area contributed by atoms with Crippen LogP contribution < -0.4 is 28.5 Å². The minimum absolute atomic E-state index is 0. The van der Waals surface area contributed by atoms with Crippen LogP contribution in [0, 0.1) is 0 Å². The molecule has 100 valence electrons. The zero-order chi connectivity index (χ0) is 13.0. The summed E-state index contributed by atoms with van der Waals surface area (Å²) in [4.78, 5) is 0. The van der Waals surface area contributed by atoms with E-state index in [1.165, 1.54) is 5.52 Å². The lowest BCUT2D eigenvalue weighted by molar-refractivity contribution is -0.645. The molecular formula is C16H13IN2O. The van der Waals surface area contributed by atoms with E-state index < -0.39 is 0 Å². The number of phenols is 1. The van der Waals surface area contributed by atoms with Crippen molar-refractivity contribution in [1.82, 2.24) is 4.40 Å². The molecule has 0 aliphatic carbocycles. The molecule has 3 nitrogen and oxygen atoms in total. The lowest BCUT2D eigenvalue weighted by Gasteiger charge is -2.00. The number of aryl methyl sites for hydroxylation is 1. The molecule has 0 radical (unpaired) electrons. The number of halogens is 1.